The Morgan fingerprint density at radius 3 is 1.77 bits per heavy atom. The van der Waals surface area contributed by atoms with E-state index in [4.69, 9.17) is 0 Å². The van der Waals surface area contributed by atoms with Gasteiger partial charge in [0.05, 0.1) is 17.1 Å². The maximum absolute atomic E-state index is 2.39. The highest BCUT2D eigenvalue weighted by Crippen LogP contribution is 2.52. The molecule has 1 aromatic heterocycles. The second-order valence-electron chi connectivity index (χ2n) is 14.2. The van der Waals surface area contributed by atoms with E-state index in [9.17, 15) is 0 Å². The van der Waals surface area contributed by atoms with Crippen LogP contribution in [0.25, 0.3) is 53.2 Å². The van der Waals surface area contributed by atoms with Crippen molar-refractivity contribution in [2.24, 2.45) is 0 Å². The standard InChI is InChI=1S/C52H34N2S2/c1-2-13-40(14-3-1)54-47-17-7-9-20-51(47)56-52-34-39(25-31-48(52)54)36-23-29-42(30-24-36)53(46-18-10-12-37-11-4-5-15-43(37)46)41-27-21-35(22-28-41)38-26-32-50-45(33-38)44-16-6-8-19-49(44)55-50/h1-34H. The van der Waals surface area contributed by atoms with Crippen LogP contribution in [0.15, 0.2) is 216 Å². The largest absolute Gasteiger partial charge is 0.310 e. The Labute approximate surface area is 334 Å². The van der Waals surface area contributed by atoms with Crippen LogP contribution in [0, 0.1) is 0 Å². The van der Waals surface area contributed by atoms with E-state index in [0.717, 1.165) is 22.7 Å². The van der Waals surface area contributed by atoms with Gasteiger partial charge in [-0.15, -0.1) is 11.3 Å². The third kappa shape index (κ3) is 5.65. The van der Waals surface area contributed by atoms with E-state index >= 15 is 0 Å². The molecule has 0 fully saturated rings. The summed E-state index contributed by atoms with van der Waals surface area (Å²) < 4.78 is 2.66. The van der Waals surface area contributed by atoms with Crippen molar-refractivity contribution in [3.05, 3.63) is 206 Å². The van der Waals surface area contributed by atoms with Crippen molar-refractivity contribution in [1.82, 2.24) is 0 Å². The molecular weight excluding hydrogens is 717 g/mol. The molecule has 2 heterocycles. The van der Waals surface area contributed by atoms with E-state index in [1.807, 2.05) is 23.1 Å². The molecule has 4 heteroatoms. The SMILES string of the molecule is c1ccc(N2c3ccccc3Sc3cc(-c4ccc(N(c5ccc(-c6ccc7sc8ccccc8c7c6)cc5)c5cccc6ccccc56)cc4)ccc32)cc1. The van der Waals surface area contributed by atoms with Crippen LogP contribution in [-0.2, 0) is 0 Å². The zero-order valence-corrected chi connectivity index (χ0v) is 32.0. The zero-order chi connectivity index (χ0) is 37.0. The van der Waals surface area contributed by atoms with Crippen molar-refractivity contribution in [3.8, 4) is 22.3 Å². The molecule has 0 aliphatic carbocycles. The molecule has 0 N–H and O–H groups in total. The monoisotopic (exact) mass is 750 g/mol. The van der Waals surface area contributed by atoms with Crippen LogP contribution in [0.5, 0.6) is 0 Å². The first-order valence-electron chi connectivity index (χ1n) is 18.9. The molecule has 0 radical (unpaired) electrons. The smallest absolute Gasteiger partial charge is 0.0602 e. The Balaban J connectivity index is 0.966. The van der Waals surface area contributed by atoms with Crippen LogP contribution >= 0.6 is 23.1 Å². The van der Waals surface area contributed by atoms with Crippen LogP contribution in [0.4, 0.5) is 34.1 Å². The van der Waals surface area contributed by atoms with Gasteiger partial charge in [0.15, 0.2) is 0 Å². The molecule has 11 rings (SSSR count). The van der Waals surface area contributed by atoms with Gasteiger partial charge in [-0.2, -0.15) is 0 Å². The number of anilines is 6. The molecule has 0 amide bonds. The van der Waals surface area contributed by atoms with Gasteiger partial charge < -0.3 is 9.80 Å². The van der Waals surface area contributed by atoms with Gasteiger partial charge >= 0.3 is 0 Å². The Morgan fingerprint density at radius 1 is 0.375 bits per heavy atom. The first-order valence-corrected chi connectivity index (χ1v) is 20.5. The molecule has 0 spiro atoms. The molecule has 2 nitrogen and oxygen atoms in total. The minimum absolute atomic E-state index is 1.11. The van der Waals surface area contributed by atoms with Gasteiger partial charge in [0.2, 0.25) is 0 Å². The lowest BCUT2D eigenvalue weighted by molar-refractivity contribution is 1.17. The molecule has 0 saturated carbocycles. The Bertz CT molecular complexity index is 3050. The van der Waals surface area contributed by atoms with E-state index in [0.29, 0.717) is 0 Å². The summed E-state index contributed by atoms with van der Waals surface area (Å²) in [6, 6.07) is 75.2. The first kappa shape index (κ1) is 32.8. The number of nitrogens with zero attached hydrogens (tertiary/aromatic N) is 2. The summed E-state index contributed by atoms with van der Waals surface area (Å²) >= 11 is 3.71. The number of thiophene rings is 1. The lowest BCUT2D eigenvalue weighted by Crippen LogP contribution is -2.14. The van der Waals surface area contributed by atoms with Gasteiger partial charge in [0, 0.05) is 52.4 Å². The molecule has 0 saturated heterocycles. The van der Waals surface area contributed by atoms with Gasteiger partial charge in [0.1, 0.15) is 0 Å². The Kier molecular flexibility index (Phi) is 7.97. The minimum atomic E-state index is 1.11. The minimum Gasteiger partial charge on any atom is -0.310 e. The Morgan fingerprint density at radius 2 is 0.964 bits per heavy atom. The highest BCUT2D eigenvalue weighted by molar-refractivity contribution is 7.99. The summed E-state index contributed by atoms with van der Waals surface area (Å²) in [4.78, 5) is 7.28. The number of rotatable bonds is 6. The van der Waals surface area contributed by atoms with Gasteiger partial charge in [0.25, 0.3) is 0 Å². The number of benzene rings is 9. The van der Waals surface area contributed by atoms with Crippen LogP contribution in [-0.4, -0.2) is 0 Å². The molecule has 0 unspecified atom stereocenters. The molecule has 264 valence electrons. The number of hydrogen-bond donors (Lipinski definition) is 0. The van der Waals surface area contributed by atoms with E-state index in [1.54, 1.807) is 0 Å². The fourth-order valence-corrected chi connectivity index (χ4v) is 10.3. The predicted octanol–water partition coefficient (Wildman–Crippen LogP) is 15.9. The van der Waals surface area contributed by atoms with E-state index in [-0.39, 0.29) is 0 Å². The lowest BCUT2D eigenvalue weighted by Gasteiger charge is -2.33. The third-order valence-electron chi connectivity index (χ3n) is 10.8. The summed E-state index contributed by atoms with van der Waals surface area (Å²) in [5.74, 6) is 0. The highest BCUT2D eigenvalue weighted by atomic mass is 32.2. The Hall–Kier alpha value is -6.59. The maximum Gasteiger partial charge on any atom is 0.0602 e. The van der Waals surface area contributed by atoms with Crippen LogP contribution in [0.1, 0.15) is 0 Å². The quantitative estimate of drug-likeness (QED) is 0.167. The molecule has 0 bridgehead atoms. The fourth-order valence-electron chi connectivity index (χ4n) is 8.13. The summed E-state index contributed by atoms with van der Waals surface area (Å²) in [6.45, 7) is 0. The van der Waals surface area contributed by atoms with Crippen molar-refractivity contribution in [2.75, 3.05) is 9.80 Å². The zero-order valence-electron chi connectivity index (χ0n) is 30.3. The second kappa shape index (κ2) is 13.6. The molecule has 10 aromatic rings. The molecule has 9 aromatic carbocycles. The summed E-state index contributed by atoms with van der Waals surface area (Å²) in [6.07, 6.45) is 0. The van der Waals surface area contributed by atoms with Crippen LogP contribution < -0.4 is 9.80 Å². The van der Waals surface area contributed by atoms with Crippen molar-refractivity contribution < 1.29 is 0 Å². The predicted molar refractivity (Wildman–Crippen MR) is 241 cm³/mol. The van der Waals surface area contributed by atoms with Crippen molar-refractivity contribution >= 4 is 88.2 Å². The van der Waals surface area contributed by atoms with Gasteiger partial charge in [-0.05, 0) is 113 Å². The summed E-state index contributed by atoms with van der Waals surface area (Å²) in [5, 5.41) is 5.08. The average Bonchev–Trinajstić information content (AvgIpc) is 3.64. The van der Waals surface area contributed by atoms with Gasteiger partial charge in [-0.3, -0.25) is 0 Å². The van der Waals surface area contributed by atoms with E-state index in [1.165, 1.54) is 74.4 Å². The molecule has 0 atom stereocenters. The summed E-state index contributed by atoms with van der Waals surface area (Å²) in [7, 11) is 0. The number of hydrogen-bond acceptors (Lipinski definition) is 4. The second-order valence-corrected chi connectivity index (χ2v) is 16.3. The van der Waals surface area contributed by atoms with Gasteiger partial charge in [-0.25, -0.2) is 0 Å². The van der Waals surface area contributed by atoms with Gasteiger partial charge in [-0.1, -0.05) is 133 Å². The normalized spacial score (nSPS) is 12.2. The van der Waals surface area contributed by atoms with E-state index in [2.05, 4.69) is 216 Å². The maximum atomic E-state index is 2.39. The lowest BCUT2D eigenvalue weighted by atomic mass is 10.0. The molecular formula is C52H34N2S2. The number of para-hydroxylation sites is 2. The van der Waals surface area contributed by atoms with Crippen molar-refractivity contribution in [2.45, 2.75) is 9.79 Å². The molecule has 1 aliphatic rings. The number of fused-ring (bicyclic) bond motifs is 6. The van der Waals surface area contributed by atoms with Crippen molar-refractivity contribution in [1.29, 1.82) is 0 Å². The van der Waals surface area contributed by atoms with Crippen LogP contribution in [0.2, 0.25) is 0 Å². The highest BCUT2D eigenvalue weighted by Gasteiger charge is 2.25. The van der Waals surface area contributed by atoms with Crippen molar-refractivity contribution in [3.63, 3.8) is 0 Å². The third-order valence-corrected chi connectivity index (χ3v) is 13.1. The van der Waals surface area contributed by atoms with E-state index < -0.39 is 0 Å². The molecule has 56 heavy (non-hydrogen) atoms. The fraction of sp³-hybridized carbons (Fsp3) is 0. The average molecular weight is 751 g/mol. The summed E-state index contributed by atoms with van der Waals surface area (Å²) in [5.41, 5.74) is 11.8. The van der Waals surface area contributed by atoms with Crippen LogP contribution in [0.3, 0.4) is 0 Å². The topological polar surface area (TPSA) is 6.48 Å². The molecule has 1 aliphatic heterocycles. The first-order chi connectivity index (χ1) is 27.7.